The van der Waals surface area contributed by atoms with Crippen LogP contribution in [0.4, 0.5) is 35.4 Å². The van der Waals surface area contributed by atoms with Gasteiger partial charge in [-0.2, -0.15) is 18.2 Å². The van der Waals surface area contributed by atoms with E-state index in [1.807, 2.05) is 32.9 Å². The second-order valence-electron chi connectivity index (χ2n) is 12.1. The lowest BCUT2D eigenvalue weighted by Crippen LogP contribution is -2.44. The van der Waals surface area contributed by atoms with Crippen molar-refractivity contribution in [1.82, 2.24) is 24.8 Å². The van der Waals surface area contributed by atoms with Crippen molar-refractivity contribution in [3.05, 3.63) is 93.8 Å². The van der Waals surface area contributed by atoms with Crippen molar-refractivity contribution < 1.29 is 27.4 Å². The fourth-order valence-corrected chi connectivity index (χ4v) is 5.69. The predicted molar refractivity (Wildman–Crippen MR) is 183 cm³/mol. The zero-order chi connectivity index (χ0) is 35.1. The quantitative estimate of drug-likeness (QED) is 0.161. The Morgan fingerprint density at radius 3 is 2.41 bits per heavy atom. The number of aromatic nitrogens is 3. The summed E-state index contributed by atoms with van der Waals surface area (Å²) in [6, 6.07) is 11.6. The van der Waals surface area contributed by atoms with Crippen molar-refractivity contribution in [2.45, 2.75) is 39.9 Å². The minimum absolute atomic E-state index is 0.0496. The van der Waals surface area contributed by atoms with Gasteiger partial charge in [0.15, 0.2) is 0 Å². The normalized spacial score (nSPS) is 14.0. The minimum atomic E-state index is -4.61. The summed E-state index contributed by atoms with van der Waals surface area (Å²) < 4.78 is 52.4. The zero-order valence-corrected chi connectivity index (χ0v) is 28.6. The molecule has 0 aliphatic carbocycles. The number of ether oxygens (including phenoxy) is 2. The Hall–Kier alpha value is -4.46. The summed E-state index contributed by atoms with van der Waals surface area (Å²) in [6.07, 6.45) is -1.58. The number of carbonyl (C=O) groups excluding carboxylic acids is 1. The van der Waals surface area contributed by atoms with E-state index in [4.69, 9.17) is 21.1 Å². The molecule has 2 aromatic carbocycles. The average molecular weight is 698 g/mol. The number of anilines is 3. The Morgan fingerprint density at radius 1 is 1.00 bits per heavy atom. The summed E-state index contributed by atoms with van der Waals surface area (Å²) in [5.74, 6) is 1.02. The monoisotopic (exact) mass is 697 g/mol. The molecule has 0 unspecified atom stereocenters. The van der Waals surface area contributed by atoms with Crippen LogP contribution in [0.2, 0.25) is 5.02 Å². The van der Waals surface area contributed by atoms with Gasteiger partial charge in [-0.25, -0.2) is 14.8 Å². The molecule has 5 rings (SSSR count). The molecule has 2 aromatic heterocycles. The van der Waals surface area contributed by atoms with Crippen molar-refractivity contribution in [2.24, 2.45) is 0 Å². The van der Waals surface area contributed by atoms with Crippen molar-refractivity contribution in [1.29, 1.82) is 0 Å². The maximum absolute atomic E-state index is 13.7. The van der Waals surface area contributed by atoms with E-state index in [1.54, 1.807) is 18.3 Å². The van der Waals surface area contributed by atoms with Gasteiger partial charge in [0.2, 0.25) is 11.8 Å². The number of piperazine rings is 1. The standard InChI is InChI=1S/C35H39ClF3N7O3/c1-23-18-24(2)32(25(3)19-23)49-34(47)46(22-26-20-27(35(37,38)39)6-8-29(26)36)30-10-11-40-33(43-30)42-28-7-9-31(41-21-28)48-17-5-12-45-15-13-44(4)14-16-45/h6-11,18-21H,5,12-17,22H2,1-4H3,(H,40,42,43). The molecule has 1 fully saturated rings. The van der Waals surface area contributed by atoms with E-state index in [9.17, 15) is 18.0 Å². The van der Waals surface area contributed by atoms with Crippen LogP contribution in [-0.2, 0) is 12.7 Å². The minimum Gasteiger partial charge on any atom is -0.478 e. The molecule has 0 bridgehead atoms. The molecular weight excluding hydrogens is 659 g/mol. The molecule has 260 valence electrons. The second-order valence-corrected chi connectivity index (χ2v) is 12.5. The Bertz CT molecular complexity index is 1730. The molecule has 4 aromatic rings. The van der Waals surface area contributed by atoms with Gasteiger partial charge in [-0.3, -0.25) is 4.90 Å². The summed E-state index contributed by atoms with van der Waals surface area (Å²) in [6.45, 7) is 11.0. The second kappa shape index (κ2) is 15.8. The summed E-state index contributed by atoms with van der Waals surface area (Å²) >= 11 is 6.33. The van der Waals surface area contributed by atoms with Crippen LogP contribution in [0.1, 0.15) is 34.2 Å². The molecule has 3 heterocycles. The van der Waals surface area contributed by atoms with Gasteiger partial charge < -0.3 is 24.6 Å². The highest BCUT2D eigenvalue weighted by Gasteiger charge is 2.32. The molecule has 1 aliphatic rings. The number of benzene rings is 2. The molecule has 0 saturated carbocycles. The first kappa shape index (κ1) is 35.8. The van der Waals surface area contributed by atoms with Crippen molar-refractivity contribution in [3.63, 3.8) is 0 Å². The molecule has 0 atom stereocenters. The Balaban J connectivity index is 1.31. The molecule has 10 nitrogen and oxygen atoms in total. The van der Waals surface area contributed by atoms with Gasteiger partial charge in [-0.1, -0.05) is 29.3 Å². The fraction of sp³-hybridized carbons (Fsp3) is 0.371. The van der Waals surface area contributed by atoms with Gasteiger partial charge in [0.25, 0.3) is 0 Å². The number of aryl methyl sites for hydroxylation is 3. The van der Waals surface area contributed by atoms with E-state index in [0.717, 1.165) is 78.9 Å². The molecule has 1 saturated heterocycles. The van der Waals surface area contributed by atoms with Crippen LogP contribution in [0, 0.1) is 20.8 Å². The summed E-state index contributed by atoms with van der Waals surface area (Å²) in [4.78, 5) is 32.7. The van der Waals surface area contributed by atoms with Crippen LogP contribution >= 0.6 is 11.6 Å². The van der Waals surface area contributed by atoms with Crippen LogP contribution in [-0.4, -0.2) is 77.2 Å². The third-order valence-electron chi connectivity index (χ3n) is 8.09. The molecule has 14 heteroatoms. The van der Waals surface area contributed by atoms with E-state index in [2.05, 4.69) is 37.1 Å². The smallest absolute Gasteiger partial charge is 0.421 e. The maximum atomic E-state index is 13.7. The van der Waals surface area contributed by atoms with Gasteiger partial charge >= 0.3 is 12.3 Å². The van der Waals surface area contributed by atoms with Gasteiger partial charge in [-0.05, 0) is 81.3 Å². The first-order valence-electron chi connectivity index (χ1n) is 15.9. The molecule has 49 heavy (non-hydrogen) atoms. The Labute approximate surface area is 288 Å². The first-order valence-corrected chi connectivity index (χ1v) is 16.3. The average Bonchev–Trinajstić information content (AvgIpc) is 3.05. The van der Waals surface area contributed by atoms with E-state index >= 15 is 0 Å². The third-order valence-corrected chi connectivity index (χ3v) is 8.46. The van der Waals surface area contributed by atoms with E-state index in [-0.39, 0.29) is 28.9 Å². The fourth-order valence-electron chi connectivity index (χ4n) is 5.52. The Kier molecular flexibility index (Phi) is 11.6. The number of nitrogens with one attached hydrogen (secondary N) is 1. The van der Waals surface area contributed by atoms with Crippen LogP contribution in [0.25, 0.3) is 0 Å². The molecular formula is C35H39ClF3N7O3. The van der Waals surface area contributed by atoms with Gasteiger partial charge in [0.1, 0.15) is 11.6 Å². The lowest BCUT2D eigenvalue weighted by molar-refractivity contribution is -0.137. The lowest BCUT2D eigenvalue weighted by Gasteiger charge is -2.32. The molecule has 1 amide bonds. The van der Waals surface area contributed by atoms with E-state index < -0.39 is 17.8 Å². The van der Waals surface area contributed by atoms with Gasteiger partial charge in [0.05, 0.1) is 30.6 Å². The van der Waals surface area contributed by atoms with Gasteiger partial charge in [-0.15, -0.1) is 0 Å². The number of likely N-dealkylation sites (N-methyl/N-ethyl adjacent to an activating group) is 1. The predicted octanol–water partition coefficient (Wildman–Crippen LogP) is 7.43. The number of nitrogens with zero attached hydrogens (tertiary/aromatic N) is 6. The third kappa shape index (κ3) is 9.80. The van der Waals surface area contributed by atoms with E-state index in [1.165, 1.54) is 12.3 Å². The number of halogens is 4. The van der Waals surface area contributed by atoms with E-state index in [0.29, 0.717) is 23.9 Å². The highest BCUT2D eigenvalue weighted by molar-refractivity contribution is 6.31. The molecule has 0 spiro atoms. The largest absolute Gasteiger partial charge is 0.478 e. The SMILES string of the molecule is Cc1cc(C)c(OC(=O)N(Cc2cc(C(F)(F)F)ccc2Cl)c2ccnc(Nc3ccc(OCCCN4CCN(C)CC4)nc3)n2)c(C)c1. The topological polar surface area (TPSA) is 95.9 Å². The highest BCUT2D eigenvalue weighted by atomic mass is 35.5. The van der Waals surface area contributed by atoms with Crippen LogP contribution < -0.4 is 19.7 Å². The molecule has 0 radical (unpaired) electrons. The number of carbonyl (C=O) groups is 1. The Morgan fingerprint density at radius 2 is 1.73 bits per heavy atom. The number of hydrogen-bond donors (Lipinski definition) is 1. The van der Waals surface area contributed by atoms with Crippen molar-refractivity contribution in [3.8, 4) is 11.6 Å². The summed E-state index contributed by atoms with van der Waals surface area (Å²) in [7, 11) is 2.13. The number of pyridine rings is 1. The molecule has 1 aliphatic heterocycles. The number of amides is 1. The first-order chi connectivity index (χ1) is 23.4. The zero-order valence-electron chi connectivity index (χ0n) is 27.9. The summed E-state index contributed by atoms with van der Waals surface area (Å²) in [5, 5.41) is 3.10. The highest BCUT2D eigenvalue weighted by Crippen LogP contribution is 2.33. The summed E-state index contributed by atoms with van der Waals surface area (Å²) in [5.41, 5.74) is 2.16. The maximum Gasteiger partial charge on any atom is 0.421 e. The van der Waals surface area contributed by atoms with Crippen LogP contribution in [0.15, 0.2) is 60.9 Å². The van der Waals surface area contributed by atoms with Gasteiger partial charge in [0, 0.05) is 50.0 Å². The van der Waals surface area contributed by atoms with Crippen LogP contribution in [0.5, 0.6) is 11.6 Å². The number of hydrogen-bond acceptors (Lipinski definition) is 9. The van der Waals surface area contributed by atoms with Crippen molar-refractivity contribution >= 4 is 35.1 Å². The number of alkyl halides is 3. The number of rotatable bonds is 11. The lowest BCUT2D eigenvalue weighted by atomic mass is 10.1. The van der Waals surface area contributed by atoms with Crippen molar-refractivity contribution in [2.75, 3.05) is 56.6 Å². The molecule has 1 N–H and O–H groups in total. The van der Waals surface area contributed by atoms with Crippen LogP contribution in [0.3, 0.4) is 0 Å².